The standard InChI is InChI=1S/C16H14N4O3S2/c1-3-19(10(2)21)16-17-11(9-24-16)4-7-15-18-13-8-12(20(22)23)5-6-14(13)25-15/h4-9H,3H2,1-2H3. The van der Waals surface area contributed by atoms with Crippen LogP contribution in [-0.2, 0) is 4.79 Å². The molecule has 9 heteroatoms. The molecule has 3 aromatic rings. The number of aromatic nitrogens is 2. The maximum atomic E-state index is 11.6. The Morgan fingerprint density at radius 3 is 2.84 bits per heavy atom. The van der Waals surface area contributed by atoms with Crippen LogP contribution >= 0.6 is 22.7 Å². The molecule has 0 aliphatic carbocycles. The van der Waals surface area contributed by atoms with Crippen LogP contribution in [0.4, 0.5) is 10.8 Å². The van der Waals surface area contributed by atoms with Crippen LogP contribution in [0.1, 0.15) is 24.5 Å². The lowest BCUT2D eigenvalue weighted by Gasteiger charge is -2.14. The second-order valence-electron chi connectivity index (χ2n) is 5.11. The number of hydrogen-bond donors (Lipinski definition) is 0. The highest BCUT2D eigenvalue weighted by Crippen LogP contribution is 2.27. The number of anilines is 1. The van der Waals surface area contributed by atoms with Crippen LogP contribution in [0.3, 0.4) is 0 Å². The third-order valence-corrected chi connectivity index (χ3v) is 5.32. The van der Waals surface area contributed by atoms with Gasteiger partial charge in [-0.15, -0.1) is 22.7 Å². The van der Waals surface area contributed by atoms with Crippen LogP contribution in [0.25, 0.3) is 22.4 Å². The number of benzene rings is 1. The lowest BCUT2D eigenvalue weighted by atomic mass is 10.3. The van der Waals surface area contributed by atoms with Crippen molar-refractivity contribution in [3.63, 3.8) is 0 Å². The summed E-state index contributed by atoms with van der Waals surface area (Å²) >= 11 is 2.86. The number of fused-ring (bicyclic) bond motifs is 1. The van der Waals surface area contributed by atoms with E-state index in [1.165, 1.54) is 41.7 Å². The highest BCUT2D eigenvalue weighted by molar-refractivity contribution is 7.19. The van der Waals surface area contributed by atoms with Crippen molar-refractivity contribution in [3.05, 3.63) is 44.4 Å². The Hall–Kier alpha value is -2.65. The molecule has 0 saturated carbocycles. The summed E-state index contributed by atoms with van der Waals surface area (Å²) in [6.07, 6.45) is 3.64. The lowest BCUT2D eigenvalue weighted by Crippen LogP contribution is -2.27. The van der Waals surface area contributed by atoms with Gasteiger partial charge in [-0.1, -0.05) is 0 Å². The van der Waals surface area contributed by atoms with Crippen molar-refractivity contribution in [1.82, 2.24) is 9.97 Å². The average molecular weight is 374 g/mol. The Bertz CT molecular complexity index is 977. The maximum absolute atomic E-state index is 11.6. The Morgan fingerprint density at radius 1 is 1.36 bits per heavy atom. The summed E-state index contributed by atoms with van der Waals surface area (Å²) in [6, 6.07) is 4.65. The first-order valence-electron chi connectivity index (χ1n) is 7.44. The molecule has 2 aromatic heterocycles. The summed E-state index contributed by atoms with van der Waals surface area (Å²) < 4.78 is 0.887. The molecule has 0 atom stereocenters. The molecule has 128 valence electrons. The van der Waals surface area contributed by atoms with E-state index in [0.717, 1.165) is 15.4 Å². The minimum atomic E-state index is -0.431. The SMILES string of the molecule is CCN(C(C)=O)c1nc(C=Cc2nc3cc([N+](=O)[O-])ccc3s2)cs1. The van der Waals surface area contributed by atoms with E-state index in [4.69, 9.17) is 0 Å². The van der Waals surface area contributed by atoms with Gasteiger partial charge < -0.3 is 0 Å². The fraction of sp³-hybridized carbons (Fsp3) is 0.188. The highest BCUT2D eigenvalue weighted by atomic mass is 32.1. The lowest BCUT2D eigenvalue weighted by molar-refractivity contribution is -0.384. The van der Waals surface area contributed by atoms with Gasteiger partial charge in [-0.25, -0.2) is 9.97 Å². The van der Waals surface area contributed by atoms with Crippen molar-refractivity contribution < 1.29 is 9.72 Å². The van der Waals surface area contributed by atoms with Gasteiger partial charge in [0, 0.05) is 31.0 Å². The zero-order valence-corrected chi connectivity index (χ0v) is 15.1. The third-order valence-electron chi connectivity index (χ3n) is 3.43. The number of nitrogens with zero attached hydrogens (tertiary/aromatic N) is 4. The van der Waals surface area contributed by atoms with Crippen LogP contribution in [0, 0.1) is 10.1 Å². The number of non-ortho nitro benzene ring substituents is 1. The zero-order chi connectivity index (χ0) is 18.0. The molecule has 3 rings (SSSR count). The molecule has 1 amide bonds. The molecule has 0 bridgehead atoms. The second-order valence-corrected chi connectivity index (χ2v) is 7.01. The average Bonchev–Trinajstić information content (AvgIpc) is 3.18. The number of amides is 1. The molecule has 0 unspecified atom stereocenters. The first kappa shape index (κ1) is 17.2. The minimum Gasteiger partial charge on any atom is -0.289 e. The molecule has 0 N–H and O–H groups in total. The molecular formula is C16H14N4O3S2. The van der Waals surface area contributed by atoms with Crippen molar-refractivity contribution in [2.75, 3.05) is 11.4 Å². The number of nitro groups is 1. The smallest absolute Gasteiger partial charge is 0.271 e. The van der Waals surface area contributed by atoms with E-state index in [-0.39, 0.29) is 11.6 Å². The monoisotopic (exact) mass is 374 g/mol. The van der Waals surface area contributed by atoms with Gasteiger partial charge >= 0.3 is 0 Å². The largest absolute Gasteiger partial charge is 0.289 e. The van der Waals surface area contributed by atoms with Crippen molar-refractivity contribution in [2.24, 2.45) is 0 Å². The van der Waals surface area contributed by atoms with Gasteiger partial charge in [-0.3, -0.25) is 19.8 Å². The number of hydrogen-bond acceptors (Lipinski definition) is 7. The molecule has 0 aliphatic heterocycles. The molecule has 1 aromatic carbocycles. The molecule has 0 saturated heterocycles. The topological polar surface area (TPSA) is 89.2 Å². The summed E-state index contributed by atoms with van der Waals surface area (Å²) in [5.74, 6) is -0.0415. The highest BCUT2D eigenvalue weighted by Gasteiger charge is 2.13. The molecule has 0 aliphatic rings. The zero-order valence-electron chi connectivity index (χ0n) is 13.5. The van der Waals surface area contributed by atoms with E-state index < -0.39 is 4.92 Å². The van der Waals surface area contributed by atoms with Gasteiger partial charge in [0.25, 0.3) is 5.69 Å². The molecule has 0 radical (unpaired) electrons. The number of carbonyl (C=O) groups is 1. The van der Waals surface area contributed by atoms with Crippen LogP contribution in [0.5, 0.6) is 0 Å². The van der Waals surface area contributed by atoms with Crippen molar-refractivity contribution >= 4 is 61.8 Å². The Morgan fingerprint density at radius 2 is 2.16 bits per heavy atom. The van der Waals surface area contributed by atoms with E-state index in [9.17, 15) is 14.9 Å². The van der Waals surface area contributed by atoms with Gasteiger partial charge in [-0.2, -0.15) is 0 Å². The fourth-order valence-corrected chi connectivity index (χ4v) is 4.00. The summed E-state index contributed by atoms with van der Waals surface area (Å²) in [5.41, 5.74) is 1.37. The normalized spacial score (nSPS) is 11.3. The molecule has 2 heterocycles. The molecule has 0 fully saturated rings. The molecular weight excluding hydrogens is 360 g/mol. The minimum absolute atomic E-state index is 0.0290. The van der Waals surface area contributed by atoms with Gasteiger partial charge in [-0.05, 0) is 25.1 Å². The Labute approximate surface area is 151 Å². The summed E-state index contributed by atoms with van der Waals surface area (Å²) in [5, 5.41) is 14.1. The van der Waals surface area contributed by atoms with Gasteiger partial charge in [0.1, 0.15) is 5.01 Å². The number of thiazole rings is 2. The molecule has 7 nitrogen and oxygen atoms in total. The van der Waals surface area contributed by atoms with Gasteiger partial charge in [0.2, 0.25) is 5.91 Å². The van der Waals surface area contributed by atoms with Crippen molar-refractivity contribution in [3.8, 4) is 0 Å². The first-order valence-corrected chi connectivity index (χ1v) is 9.14. The quantitative estimate of drug-likeness (QED) is 0.493. The summed E-state index contributed by atoms with van der Waals surface area (Å²) in [7, 11) is 0. The predicted molar refractivity (Wildman–Crippen MR) is 101 cm³/mol. The van der Waals surface area contributed by atoms with Gasteiger partial charge in [0.15, 0.2) is 5.13 Å². The van der Waals surface area contributed by atoms with Crippen molar-refractivity contribution in [2.45, 2.75) is 13.8 Å². The first-order chi connectivity index (χ1) is 12.0. The Kier molecular flexibility index (Phi) is 4.86. The number of rotatable bonds is 5. The second kappa shape index (κ2) is 7.08. The fourth-order valence-electron chi connectivity index (χ4n) is 2.24. The van der Waals surface area contributed by atoms with E-state index >= 15 is 0 Å². The number of carbonyl (C=O) groups excluding carboxylic acids is 1. The maximum Gasteiger partial charge on any atom is 0.271 e. The van der Waals surface area contributed by atoms with Crippen LogP contribution < -0.4 is 4.90 Å². The third kappa shape index (κ3) is 3.72. The summed E-state index contributed by atoms with van der Waals surface area (Å²) in [6.45, 7) is 3.99. The van der Waals surface area contributed by atoms with E-state index in [1.807, 2.05) is 24.5 Å². The van der Waals surface area contributed by atoms with Crippen LogP contribution in [0.2, 0.25) is 0 Å². The van der Waals surface area contributed by atoms with E-state index in [1.54, 1.807) is 11.0 Å². The van der Waals surface area contributed by atoms with Crippen LogP contribution in [-0.4, -0.2) is 27.3 Å². The summed E-state index contributed by atoms with van der Waals surface area (Å²) in [4.78, 5) is 32.4. The van der Waals surface area contributed by atoms with E-state index in [2.05, 4.69) is 9.97 Å². The van der Waals surface area contributed by atoms with Crippen LogP contribution in [0.15, 0.2) is 23.6 Å². The molecule has 25 heavy (non-hydrogen) atoms. The van der Waals surface area contributed by atoms with Gasteiger partial charge in [0.05, 0.1) is 20.8 Å². The van der Waals surface area contributed by atoms with E-state index in [0.29, 0.717) is 17.2 Å². The Balaban J connectivity index is 1.82. The predicted octanol–water partition coefficient (Wildman–Crippen LogP) is 4.20. The number of nitro benzene ring substituents is 1. The van der Waals surface area contributed by atoms with Crippen molar-refractivity contribution in [1.29, 1.82) is 0 Å². The molecule has 0 spiro atoms.